The van der Waals surface area contributed by atoms with Crippen LogP contribution in [0.5, 0.6) is 23.0 Å². The molecule has 0 saturated heterocycles. The highest BCUT2D eigenvalue weighted by molar-refractivity contribution is 7.23. The summed E-state index contributed by atoms with van der Waals surface area (Å²) < 4.78 is 21.2. The molecule has 0 aliphatic heterocycles. The summed E-state index contributed by atoms with van der Waals surface area (Å²) in [4.78, 5) is 36.1. The molecule has 0 aliphatic carbocycles. The average molecular weight is 577 g/mol. The van der Waals surface area contributed by atoms with Crippen molar-refractivity contribution in [1.82, 2.24) is 9.97 Å². The molecule has 4 aromatic rings. The lowest BCUT2D eigenvalue weighted by molar-refractivity contribution is 0.104. The fraction of sp³-hybridized carbons (Fsp3) is 0.200. The van der Waals surface area contributed by atoms with E-state index in [1.165, 1.54) is 34.8 Å². The number of ketones is 2. The molecule has 0 radical (unpaired) electrons. The first-order valence-corrected chi connectivity index (χ1v) is 13.7. The number of benzene rings is 2. The lowest BCUT2D eigenvalue weighted by Gasteiger charge is -2.07. The zero-order chi connectivity index (χ0) is 28.8. The van der Waals surface area contributed by atoms with Crippen molar-refractivity contribution in [1.29, 1.82) is 0 Å². The lowest BCUT2D eigenvalue weighted by Crippen LogP contribution is -1.93. The number of aryl methyl sites for hydroxylation is 2. The number of hydrogen-bond acceptors (Lipinski definition) is 10. The first-order valence-electron chi connectivity index (χ1n) is 12.1. The topological polar surface area (TPSA) is 96.8 Å². The Balaban J connectivity index is 1.51. The summed E-state index contributed by atoms with van der Waals surface area (Å²) in [6.07, 6.45) is 6.45. The molecule has 0 saturated carbocycles. The fourth-order valence-corrected chi connectivity index (χ4v) is 5.83. The van der Waals surface area contributed by atoms with Gasteiger partial charge in [-0.2, -0.15) is 0 Å². The van der Waals surface area contributed by atoms with Crippen LogP contribution in [0.2, 0.25) is 0 Å². The first-order chi connectivity index (χ1) is 19.3. The van der Waals surface area contributed by atoms with Gasteiger partial charge in [0.1, 0.15) is 0 Å². The monoisotopic (exact) mass is 576 g/mol. The zero-order valence-corrected chi connectivity index (χ0v) is 24.6. The van der Waals surface area contributed by atoms with Crippen LogP contribution in [-0.4, -0.2) is 50.0 Å². The molecule has 2 aromatic heterocycles. The number of carbonyl (C=O) groups is 2. The van der Waals surface area contributed by atoms with E-state index in [2.05, 4.69) is 9.97 Å². The standard InChI is InChI=1S/C30H28N2O6S2/c1-17-27(21(33)11-7-19-9-13-23(35-3)25(15-19)37-5)39-29(31-17)30-32-18(2)28(40-30)22(34)12-8-20-10-14-24(36-4)26(16-20)38-6/h7-16H,1-6H3/b11-7+,12-8+. The molecule has 206 valence electrons. The third kappa shape index (κ3) is 6.30. The zero-order valence-electron chi connectivity index (χ0n) is 22.9. The molecule has 40 heavy (non-hydrogen) atoms. The Kier molecular flexibility index (Phi) is 9.13. The maximum Gasteiger partial charge on any atom is 0.197 e. The fourth-order valence-electron chi connectivity index (χ4n) is 3.84. The minimum absolute atomic E-state index is 0.168. The van der Waals surface area contributed by atoms with Gasteiger partial charge in [-0.15, -0.1) is 22.7 Å². The molecule has 0 spiro atoms. The van der Waals surface area contributed by atoms with Gasteiger partial charge in [-0.25, -0.2) is 9.97 Å². The summed E-state index contributed by atoms with van der Waals surface area (Å²) in [7, 11) is 6.26. The summed E-state index contributed by atoms with van der Waals surface area (Å²) in [5.41, 5.74) is 2.81. The Morgan fingerprint density at radius 1 is 0.625 bits per heavy atom. The quantitative estimate of drug-likeness (QED) is 0.144. The Bertz CT molecular complexity index is 1500. The van der Waals surface area contributed by atoms with Crippen LogP contribution < -0.4 is 18.9 Å². The highest BCUT2D eigenvalue weighted by atomic mass is 32.1. The van der Waals surface area contributed by atoms with E-state index < -0.39 is 0 Å². The summed E-state index contributed by atoms with van der Waals surface area (Å²) in [5, 5.41) is 1.19. The lowest BCUT2D eigenvalue weighted by atomic mass is 10.1. The van der Waals surface area contributed by atoms with Crippen LogP contribution in [0.3, 0.4) is 0 Å². The molecule has 8 nitrogen and oxygen atoms in total. The van der Waals surface area contributed by atoms with Crippen LogP contribution in [0.15, 0.2) is 48.6 Å². The van der Waals surface area contributed by atoms with Gasteiger partial charge in [0.2, 0.25) is 0 Å². The molecule has 0 fully saturated rings. The van der Waals surface area contributed by atoms with E-state index >= 15 is 0 Å². The van der Waals surface area contributed by atoms with Crippen molar-refractivity contribution in [3.8, 4) is 33.0 Å². The summed E-state index contributed by atoms with van der Waals surface area (Å²) >= 11 is 2.51. The van der Waals surface area contributed by atoms with Crippen molar-refractivity contribution in [2.24, 2.45) is 0 Å². The van der Waals surface area contributed by atoms with Gasteiger partial charge in [-0.3, -0.25) is 9.59 Å². The highest BCUT2D eigenvalue weighted by Crippen LogP contribution is 2.34. The molecule has 0 amide bonds. The summed E-state index contributed by atoms with van der Waals surface area (Å²) in [6, 6.07) is 10.8. The van der Waals surface area contributed by atoms with E-state index in [1.807, 2.05) is 12.1 Å². The molecule has 2 heterocycles. The van der Waals surface area contributed by atoms with Crippen LogP contribution in [0.4, 0.5) is 0 Å². The van der Waals surface area contributed by atoms with Crippen molar-refractivity contribution in [2.75, 3.05) is 28.4 Å². The van der Waals surface area contributed by atoms with Gasteiger partial charge in [-0.1, -0.05) is 24.3 Å². The normalized spacial score (nSPS) is 11.2. The molecular formula is C30H28N2O6S2. The van der Waals surface area contributed by atoms with Crippen molar-refractivity contribution in [3.05, 3.63) is 80.8 Å². The van der Waals surface area contributed by atoms with Gasteiger partial charge in [0, 0.05) is 0 Å². The maximum absolute atomic E-state index is 13.0. The van der Waals surface area contributed by atoms with E-state index in [1.54, 1.807) is 78.7 Å². The predicted octanol–water partition coefficient (Wildman–Crippen LogP) is 6.71. The van der Waals surface area contributed by atoms with E-state index in [9.17, 15) is 9.59 Å². The molecule has 10 heteroatoms. The van der Waals surface area contributed by atoms with E-state index in [0.717, 1.165) is 11.1 Å². The van der Waals surface area contributed by atoms with Gasteiger partial charge in [0.15, 0.2) is 44.6 Å². The largest absolute Gasteiger partial charge is 0.493 e. The number of aromatic nitrogens is 2. The molecule has 0 bridgehead atoms. The van der Waals surface area contributed by atoms with E-state index in [4.69, 9.17) is 18.9 Å². The number of rotatable bonds is 11. The van der Waals surface area contributed by atoms with Crippen LogP contribution in [0.25, 0.3) is 22.2 Å². The third-order valence-corrected chi connectivity index (χ3v) is 8.38. The minimum Gasteiger partial charge on any atom is -0.493 e. The molecule has 0 N–H and O–H groups in total. The molecule has 2 aromatic carbocycles. The van der Waals surface area contributed by atoms with Crippen molar-refractivity contribution < 1.29 is 28.5 Å². The number of allylic oxidation sites excluding steroid dienone is 2. The van der Waals surface area contributed by atoms with Gasteiger partial charge >= 0.3 is 0 Å². The number of nitrogens with zero attached hydrogens (tertiary/aromatic N) is 2. The van der Waals surface area contributed by atoms with Crippen molar-refractivity contribution >= 4 is 46.4 Å². The van der Waals surface area contributed by atoms with Crippen LogP contribution in [0.1, 0.15) is 41.9 Å². The van der Waals surface area contributed by atoms with E-state index in [0.29, 0.717) is 54.2 Å². The smallest absolute Gasteiger partial charge is 0.197 e. The number of ether oxygens (including phenoxy) is 4. The maximum atomic E-state index is 13.0. The minimum atomic E-state index is -0.168. The van der Waals surface area contributed by atoms with Gasteiger partial charge in [0.05, 0.1) is 49.6 Å². The Morgan fingerprint density at radius 2 is 1.00 bits per heavy atom. The molecular weight excluding hydrogens is 548 g/mol. The Hall–Kier alpha value is -4.28. The summed E-state index contributed by atoms with van der Waals surface area (Å²) in [6.45, 7) is 3.58. The Morgan fingerprint density at radius 3 is 1.35 bits per heavy atom. The van der Waals surface area contributed by atoms with Crippen LogP contribution in [0, 0.1) is 13.8 Å². The molecule has 0 unspecified atom stereocenters. The Labute approximate surface area is 240 Å². The molecule has 4 rings (SSSR count). The number of carbonyl (C=O) groups excluding carboxylic acids is 2. The second-order valence-corrected chi connectivity index (χ2v) is 10.5. The SMILES string of the molecule is COc1ccc(/C=C/C(=O)c2sc(-c3nc(C)c(C(=O)/C=C/c4ccc(OC)c(OC)c4)s3)nc2C)cc1OC. The molecule has 0 atom stereocenters. The average Bonchev–Trinajstić information content (AvgIpc) is 3.56. The highest BCUT2D eigenvalue weighted by Gasteiger charge is 2.20. The van der Waals surface area contributed by atoms with Crippen molar-refractivity contribution in [3.63, 3.8) is 0 Å². The predicted molar refractivity (Wildman–Crippen MR) is 159 cm³/mol. The number of hydrogen-bond donors (Lipinski definition) is 0. The van der Waals surface area contributed by atoms with Crippen molar-refractivity contribution in [2.45, 2.75) is 13.8 Å². The van der Waals surface area contributed by atoms with Crippen LogP contribution in [-0.2, 0) is 0 Å². The summed E-state index contributed by atoms with van der Waals surface area (Å²) in [5.74, 6) is 2.05. The van der Waals surface area contributed by atoms with E-state index in [-0.39, 0.29) is 11.6 Å². The molecule has 0 aliphatic rings. The first kappa shape index (κ1) is 28.7. The third-order valence-electron chi connectivity index (χ3n) is 5.89. The van der Waals surface area contributed by atoms with Gasteiger partial charge in [0.25, 0.3) is 0 Å². The van der Waals surface area contributed by atoms with Crippen LogP contribution >= 0.6 is 22.7 Å². The second-order valence-electron chi connectivity index (χ2n) is 8.49. The number of methoxy groups -OCH3 is 4. The van der Waals surface area contributed by atoms with Gasteiger partial charge in [-0.05, 0) is 61.4 Å². The second kappa shape index (κ2) is 12.7. The van der Waals surface area contributed by atoms with Gasteiger partial charge < -0.3 is 18.9 Å². The number of thiazole rings is 2.